The summed E-state index contributed by atoms with van der Waals surface area (Å²) >= 11 is 0. The highest BCUT2D eigenvalue weighted by atomic mass is 15.3. The molecule has 2 aliphatic rings. The molecule has 3 nitrogen and oxygen atoms in total. The van der Waals surface area contributed by atoms with E-state index in [-0.39, 0.29) is 0 Å². The molecule has 0 amide bonds. The fourth-order valence-electron chi connectivity index (χ4n) is 3.49. The summed E-state index contributed by atoms with van der Waals surface area (Å²) in [6, 6.07) is 0. The van der Waals surface area contributed by atoms with Crippen molar-refractivity contribution >= 4 is 0 Å². The van der Waals surface area contributed by atoms with Crippen LogP contribution in [-0.4, -0.2) is 55.1 Å². The number of hydrogen-bond acceptors (Lipinski definition) is 3. The number of nitrogens with zero attached hydrogens (tertiary/aromatic N) is 2. The largest absolute Gasteiger partial charge is 0.329 e. The molecule has 0 aromatic carbocycles. The van der Waals surface area contributed by atoms with Gasteiger partial charge in [-0.15, -0.1) is 0 Å². The quantitative estimate of drug-likeness (QED) is 0.742. The molecule has 2 unspecified atom stereocenters. The Bertz CT molecular complexity index is 236. The van der Waals surface area contributed by atoms with Crippen LogP contribution in [0.5, 0.6) is 0 Å². The minimum absolute atomic E-state index is 0.325. The zero-order valence-corrected chi connectivity index (χ0v) is 11.6. The number of rotatable bonds is 2. The van der Waals surface area contributed by atoms with Crippen LogP contribution >= 0.6 is 0 Å². The van der Waals surface area contributed by atoms with E-state index >= 15 is 0 Å². The Labute approximate surface area is 106 Å². The van der Waals surface area contributed by atoms with Crippen LogP contribution in [0.25, 0.3) is 0 Å². The Hall–Kier alpha value is -0.120. The van der Waals surface area contributed by atoms with Crippen LogP contribution in [0, 0.1) is 5.92 Å². The van der Waals surface area contributed by atoms with Gasteiger partial charge in [0.2, 0.25) is 0 Å². The van der Waals surface area contributed by atoms with E-state index in [9.17, 15) is 0 Å². The van der Waals surface area contributed by atoms with Gasteiger partial charge in [0.15, 0.2) is 0 Å². The Balaban J connectivity index is 2.02. The molecular weight excluding hydrogens is 210 g/mol. The maximum Gasteiger partial charge on any atom is 0.0332 e. The third-order valence-electron chi connectivity index (χ3n) is 5.00. The lowest BCUT2D eigenvalue weighted by atomic mass is 9.87. The summed E-state index contributed by atoms with van der Waals surface area (Å²) in [4.78, 5) is 5.13. The molecule has 17 heavy (non-hydrogen) atoms. The fraction of sp³-hybridized carbons (Fsp3) is 1.00. The molecule has 2 rings (SSSR count). The van der Waals surface area contributed by atoms with Gasteiger partial charge in [0.25, 0.3) is 0 Å². The molecule has 2 N–H and O–H groups in total. The van der Waals surface area contributed by atoms with Crippen LogP contribution in [-0.2, 0) is 0 Å². The highest BCUT2D eigenvalue weighted by Crippen LogP contribution is 2.34. The minimum Gasteiger partial charge on any atom is -0.329 e. The molecule has 0 radical (unpaired) electrons. The number of nitrogens with two attached hydrogens (primary N) is 1. The van der Waals surface area contributed by atoms with E-state index in [2.05, 4.69) is 23.8 Å². The second-order valence-corrected chi connectivity index (χ2v) is 6.25. The van der Waals surface area contributed by atoms with Crippen molar-refractivity contribution in [2.45, 2.75) is 44.6 Å². The number of piperazine rings is 1. The first-order valence-corrected chi connectivity index (χ1v) is 7.30. The van der Waals surface area contributed by atoms with E-state index < -0.39 is 0 Å². The molecule has 3 heteroatoms. The lowest BCUT2D eigenvalue weighted by Gasteiger charge is -2.47. The molecule has 0 bridgehead atoms. The van der Waals surface area contributed by atoms with Crippen molar-refractivity contribution in [1.29, 1.82) is 0 Å². The predicted octanol–water partition coefficient (Wildman–Crippen LogP) is 1.53. The van der Waals surface area contributed by atoms with Crippen molar-refractivity contribution < 1.29 is 0 Å². The van der Waals surface area contributed by atoms with Gasteiger partial charge in [0.1, 0.15) is 0 Å². The van der Waals surface area contributed by atoms with Gasteiger partial charge < -0.3 is 10.6 Å². The minimum atomic E-state index is 0.325. The molecule has 1 saturated carbocycles. The van der Waals surface area contributed by atoms with E-state index in [4.69, 9.17) is 5.73 Å². The Kier molecular flexibility index (Phi) is 4.45. The molecule has 0 spiro atoms. The monoisotopic (exact) mass is 239 g/mol. The molecule has 2 atom stereocenters. The van der Waals surface area contributed by atoms with E-state index in [0.29, 0.717) is 5.54 Å². The van der Waals surface area contributed by atoms with Crippen molar-refractivity contribution in [2.75, 3.05) is 39.8 Å². The molecule has 1 saturated heterocycles. The summed E-state index contributed by atoms with van der Waals surface area (Å²) in [5.74, 6) is 0.899. The number of likely N-dealkylation sites (N-methyl/N-ethyl adjacent to an activating group) is 1. The van der Waals surface area contributed by atoms with E-state index in [1.807, 2.05) is 0 Å². The smallest absolute Gasteiger partial charge is 0.0332 e. The summed E-state index contributed by atoms with van der Waals surface area (Å²) in [5.41, 5.74) is 6.49. The van der Waals surface area contributed by atoms with Gasteiger partial charge in [-0.05, 0) is 32.2 Å². The maximum atomic E-state index is 6.16. The second kappa shape index (κ2) is 5.68. The summed E-state index contributed by atoms with van der Waals surface area (Å²) in [6.45, 7) is 8.08. The lowest BCUT2D eigenvalue weighted by molar-refractivity contribution is 0.0332. The molecule has 1 heterocycles. The summed E-state index contributed by atoms with van der Waals surface area (Å²) in [6.07, 6.45) is 6.76. The van der Waals surface area contributed by atoms with Crippen molar-refractivity contribution in [3.05, 3.63) is 0 Å². The Morgan fingerprint density at radius 3 is 2.47 bits per heavy atom. The van der Waals surface area contributed by atoms with Crippen molar-refractivity contribution in [2.24, 2.45) is 11.7 Å². The molecule has 100 valence electrons. The van der Waals surface area contributed by atoms with Crippen LogP contribution in [0.4, 0.5) is 0 Å². The Morgan fingerprint density at radius 1 is 1.12 bits per heavy atom. The average Bonchev–Trinajstić information content (AvgIpc) is 2.53. The van der Waals surface area contributed by atoms with Gasteiger partial charge in [0.05, 0.1) is 0 Å². The highest BCUT2D eigenvalue weighted by Gasteiger charge is 2.37. The predicted molar refractivity (Wildman–Crippen MR) is 73.1 cm³/mol. The van der Waals surface area contributed by atoms with Crippen molar-refractivity contribution in [3.63, 3.8) is 0 Å². The first-order valence-electron chi connectivity index (χ1n) is 7.30. The lowest BCUT2D eigenvalue weighted by Crippen LogP contribution is -2.59. The SMILES string of the molecule is CC1CCCC(CN)(N2CCN(C)CC2)CC1. The normalized spacial score (nSPS) is 37.9. The van der Waals surface area contributed by atoms with Crippen LogP contribution in [0.1, 0.15) is 39.0 Å². The van der Waals surface area contributed by atoms with Crippen molar-refractivity contribution in [3.8, 4) is 0 Å². The van der Waals surface area contributed by atoms with Gasteiger partial charge >= 0.3 is 0 Å². The molecule has 1 aliphatic carbocycles. The van der Waals surface area contributed by atoms with E-state index in [1.165, 1.54) is 58.3 Å². The second-order valence-electron chi connectivity index (χ2n) is 6.25. The van der Waals surface area contributed by atoms with Crippen LogP contribution in [0.3, 0.4) is 0 Å². The molecule has 1 aliphatic heterocycles. The van der Waals surface area contributed by atoms with Gasteiger partial charge in [-0.3, -0.25) is 4.90 Å². The molecular formula is C14H29N3. The molecule has 0 aromatic heterocycles. The third kappa shape index (κ3) is 3.01. The van der Waals surface area contributed by atoms with Gasteiger partial charge in [-0.1, -0.05) is 19.8 Å². The number of hydrogen-bond donors (Lipinski definition) is 1. The topological polar surface area (TPSA) is 32.5 Å². The average molecular weight is 239 g/mol. The van der Waals surface area contributed by atoms with Crippen LogP contribution in [0.2, 0.25) is 0 Å². The summed E-state index contributed by atoms with van der Waals surface area (Å²) in [5, 5.41) is 0. The van der Waals surface area contributed by atoms with Gasteiger partial charge in [-0.2, -0.15) is 0 Å². The van der Waals surface area contributed by atoms with Crippen LogP contribution < -0.4 is 5.73 Å². The third-order valence-corrected chi connectivity index (χ3v) is 5.00. The van der Waals surface area contributed by atoms with Crippen molar-refractivity contribution in [1.82, 2.24) is 9.80 Å². The summed E-state index contributed by atoms with van der Waals surface area (Å²) < 4.78 is 0. The zero-order chi connectivity index (χ0) is 12.3. The molecule has 0 aromatic rings. The fourth-order valence-corrected chi connectivity index (χ4v) is 3.49. The Morgan fingerprint density at radius 2 is 1.82 bits per heavy atom. The first kappa shape index (κ1) is 13.3. The maximum absolute atomic E-state index is 6.16. The highest BCUT2D eigenvalue weighted by molar-refractivity contribution is 4.95. The zero-order valence-electron chi connectivity index (χ0n) is 11.6. The van der Waals surface area contributed by atoms with E-state index in [0.717, 1.165) is 12.5 Å². The van der Waals surface area contributed by atoms with E-state index in [1.54, 1.807) is 0 Å². The van der Waals surface area contributed by atoms with Gasteiger partial charge in [0, 0.05) is 38.3 Å². The first-order chi connectivity index (χ1) is 8.16. The van der Waals surface area contributed by atoms with Crippen LogP contribution in [0.15, 0.2) is 0 Å². The molecule has 2 fully saturated rings. The standard InChI is InChI=1S/C14H29N3/c1-13-4-3-6-14(12-15,7-5-13)17-10-8-16(2)9-11-17/h13H,3-12,15H2,1-2H3. The summed E-state index contributed by atoms with van der Waals surface area (Å²) in [7, 11) is 2.22. The van der Waals surface area contributed by atoms with Gasteiger partial charge in [-0.25, -0.2) is 0 Å².